The Morgan fingerprint density at radius 2 is 1.86 bits per heavy atom. The van der Waals surface area contributed by atoms with Gasteiger partial charge in [0.05, 0.1) is 11.3 Å². The third-order valence-corrected chi connectivity index (χ3v) is 4.13. The van der Waals surface area contributed by atoms with Crippen LogP contribution in [0.4, 0.5) is 10.5 Å². The van der Waals surface area contributed by atoms with E-state index in [1.54, 1.807) is 18.0 Å². The molecule has 0 unspecified atom stereocenters. The Kier molecular flexibility index (Phi) is 4.50. The van der Waals surface area contributed by atoms with E-state index in [4.69, 9.17) is 0 Å². The Balaban J connectivity index is 2.22. The smallest absolute Gasteiger partial charge is 0.337 e. The molecule has 2 N–H and O–H groups in total. The highest BCUT2D eigenvalue weighted by molar-refractivity contribution is 6.01. The van der Waals surface area contributed by atoms with Crippen LogP contribution in [-0.2, 0) is 0 Å². The second-order valence-corrected chi connectivity index (χ2v) is 5.79. The standard InChI is InChI=1S/C16H22N2O3/c1-10-8-11(2)14(13(9-10)15(19)20)17-16(21)18(3)12-6-4-5-7-12/h8-9,12H,4-7H2,1-3H3,(H,17,21)(H,19,20). The molecule has 2 amide bonds. The Morgan fingerprint density at radius 1 is 1.24 bits per heavy atom. The predicted octanol–water partition coefficient (Wildman–Crippen LogP) is 3.41. The quantitative estimate of drug-likeness (QED) is 0.896. The van der Waals surface area contributed by atoms with Crippen LogP contribution in [0.1, 0.15) is 47.2 Å². The van der Waals surface area contributed by atoms with Crippen molar-refractivity contribution in [2.45, 2.75) is 45.6 Å². The molecule has 1 saturated carbocycles. The molecule has 1 fully saturated rings. The van der Waals surface area contributed by atoms with Gasteiger partial charge >= 0.3 is 12.0 Å². The van der Waals surface area contributed by atoms with E-state index in [9.17, 15) is 14.7 Å². The number of aromatic carboxylic acids is 1. The number of carboxylic acids is 1. The first kappa shape index (κ1) is 15.4. The maximum absolute atomic E-state index is 12.3. The van der Waals surface area contributed by atoms with E-state index < -0.39 is 5.97 Å². The van der Waals surface area contributed by atoms with Crippen molar-refractivity contribution >= 4 is 17.7 Å². The summed E-state index contributed by atoms with van der Waals surface area (Å²) >= 11 is 0. The monoisotopic (exact) mass is 290 g/mol. The summed E-state index contributed by atoms with van der Waals surface area (Å²) in [6, 6.07) is 3.47. The van der Waals surface area contributed by atoms with Crippen molar-refractivity contribution < 1.29 is 14.7 Å². The zero-order chi connectivity index (χ0) is 15.6. The van der Waals surface area contributed by atoms with Gasteiger partial charge in [-0.1, -0.05) is 18.9 Å². The molecule has 1 aromatic carbocycles. The van der Waals surface area contributed by atoms with E-state index >= 15 is 0 Å². The molecule has 5 nitrogen and oxygen atoms in total. The summed E-state index contributed by atoms with van der Waals surface area (Å²) in [5.74, 6) is -1.03. The molecular formula is C16H22N2O3. The van der Waals surface area contributed by atoms with E-state index in [1.165, 1.54) is 0 Å². The van der Waals surface area contributed by atoms with E-state index in [2.05, 4.69) is 5.32 Å². The zero-order valence-corrected chi connectivity index (χ0v) is 12.8. The van der Waals surface area contributed by atoms with E-state index in [0.29, 0.717) is 5.69 Å². The number of carbonyl (C=O) groups is 2. The van der Waals surface area contributed by atoms with Crippen molar-refractivity contribution in [2.24, 2.45) is 0 Å². The van der Waals surface area contributed by atoms with Crippen LogP contribution in [0.3, 0.4) is 0 Å². The lowest BCUT2D eigenvalue weighted by atomic mass is 10.0. The Hall–Kier alpha value is -2.04. The predicted molar refractivity (Wildman–Crippen MR) is 81.9 cm³/mol. The van der Waals surface area contributed by atoms with Crippen molar-refractivity contribution in [2.75, 3.05) is 12.4 Å². The first-order chi connectivity index (χ1) is 9.90. The lowest BCUT2D eigenvalue weighted by Crippen LogP contribution is -2.38. The fourth-order valence-electron chi connectivity index (χ4n) is 2.95. The molecule has 1 aromatic rings. The summed E-state index contributed by atoms with van der Waals surface area (Å²) < 4.78 is 0. The van der Waals surface area contributed by atoms with Gasteiger partial charge in [0.1, 0.15) is 0 Å². The van der Waals surface area contributed by atoms with Crippen LogP contribution < -0.4 is 5.32 Å². The maximum Gasteiger partial charge on any atom is 0.337 e. The van der Waals surface area contributed by atoms with E-state index in [0.717, 1.165) is 36.8 Å². The molecular weight excluding hydrogens is 268 g/mol. The minimum atomic E-state index is -1.03. The fraction of sp³-hybridized carbons (Fsp3) is 0.500. The number of aryl methyl sites for hydroxylation is 2. The summed E-state index contributed by atoms with van der Waals surface area (Å²) in [6.45, 7) is 3.65. The molecule has 0 aromatic heterocycles. The number of nitrogens with one attached hydrogen (secondary N) is 1. The molecule has 0 radical (unpaired) electrons. The van der Waals surface area contributed by atoms with E-state index in [-0.39, 0.29) is 17.6 Å². The van der Waals surface area contributed by atoms with Gasteiger partial charge < -0.3 is 15.3 Å². The van der Waals surface area contributed by atoms with Gasteiger partial charge in [0.2, 0.25) is 0 Å². The average Bonchev–Trinajstić information content (AvgIpc) is 2.94. The lowest BCUT2D eigenvalue weighted by molar-refractivity contribution is 0.0698. The summed E-state index contributed by atoms with van der Waals surface area (Å²) in [6.07, 6.45) is 4.32. The zero-order valence-electron chi connectivity index (χ0n) is 12.8. The van der Waals surface area contributed by atoms with Crippen molar-refractivity contribution in [1.29, 1.82) is 0 Å². The SMILES string of the molecule is Cc1cc(C)c(NC(=O)N(C)C2CCCC2)c(C(=O)O)c1. The van der Waals surface area contributed by atoms with Crippen molar-refractivity contribution in [3.05, 3.63) is 28.8 Å². The van der Waals surface area contributed by atoms with Crippen LogP contribution in [0.25, 0.3) is 0 Å². The van der Waals surface area contributed by atoms with Crippen LogP contribution in [0.5, 0.6) is 0 Å². The summed E-state index contributed by atoms with van der Waals surface area (Å²) in [5, 5.41) is 12.1. The number of amides is 2. The molecule has 1 aliphatic rings. The number of urea groups is 1. The van der Waals surface area contributed by atoms with Gasteiger partial charge in [-0.15, -0.1) is 0 Å². The largest absolute Gasteiger partial charge is 0.478 e. The van der Waals surface area contributed by atoms with Crippen LogP contribution in [-0.4, -0.2) is 35.1 Å². The minimum Gasteiger partial charge on any atom is -0.478 e. The summed E-state index contributed by atoms with van der Waals surface area (Å²) in [4.78, 5) is 25.4. The molecule has 0 bridgehead atoms. The molecule has 0 atom stereocenters. The number of anilines is 1. The molecule has 0 aliphatic heterocycles. The highest BCUT2D eigenvalue weighted by Crippen LogP contribution is 2.26. The second kappa shape index (κ2) is 6.16. The number of nitrogens with zero attached hydrogens (tertiary/aromatic N) is 1. The molecule has 21 heavy (non-hydrogen) atoms. The third-order valence-electron chi connectivity index (χ3n) is 4.13. The van der Waals surface area contributed by atoms with E-state index in [1.807, 2.05) is 19.9 Å². The van der Waals surface area contributed by atoms with Crippen molar-refractivity contribution in [1.82, 2.24) is 4.90 Å². The van der Waals surface area contributed by atoms with Gasteiger partial charge in [0, 0.05) is 13.1 Å². The first-order valence-corrected chi connectivity index (χ1v) is 7.28. The molecule has 2 rings (SSSR count). The molecule has 0 heterocycles. The fourth-order valence-corrected chi connectivity index (χ4v) is 2.95. The minimum absolute atomic E-state index is 0.140. The summed E-state index contributed by atoms with van der Waals surface area (Å²) in [5.41, 5.74) is 2.16. The molecule has 0 saturated heterocycles. The molecule has 5 heteroatoms. The van der Waals surface area contributed by atoms with Gasteiger partial charge in [-0.25, -0.2) is 9.59 Å². The average molecular weight is 290 g/mol. The number of hydrogen-bond donors (Lipinski definition) is 2. The lowest BCUT2D eigenvalue weighted by Gasteiger charge is -2.25. The van der Waals surface area contributed by atoms with Crippen LogP contribution in [0.2, 0.25) is 0 Å². The normalized spacial score (nSPS) is 15.0. The second-order valence-electron chi connectivity index (χ2n) is 5.79. The van der Waals surface area contributed by atoms with Crippen molar-refractivity contribution in [3.63, 3.8) is 0 Å². The van der Waals surface area contributed by atoms with Gasteiger partial charge in [-0.3, -0.25) is 0 Å². The topological polar surface area (TPSA) is 69.6 Å². The van der Waals surface area contributed by atoms with Gasteiger partial charge in [-0.05, 0) is 43.9 Å². The van der Waals surface area contributed by atoms with Crippen LogP contribution in [0, 0.1) is 13.8 Å². The number of rotatable bonds is 3. The number of benzene rings is 1. The first-order valence-electron chi connectivity index (χ1n) is 7.28. The maximum atomic E-state index is 12.3. The Morgan fingerprint density at radius 3 is 2.43 bits per heavy atom. The highest BCUT2D eigenvalue weighted by Gasteiger charge is 2.25. The summed E-state index contributed by atoms with van der Waals surface area (Å²) in [7, 11) is 1.77. The van der Waals surface area contributed by atoms with Gasteiger partial charge in [0.15, 0.2) is 0 Å². The number of carboxylic acid groups (broad SMARTS) is 1. The van der Waals surface area contributed by atoms with Crippen molar-refractivity contribution in [3.8, 4) is 0 Å². The molecule has 0 spiro atoms. The van der Waals surface area contributed by atoms with Crippen LogP contribution >= 0.6 is 0 Å². The Labute approximate surface area is 125 Å². The van der Waals surface area contributed by atoms with Gasteiger partial charge in [0.25, 0.3) is 0 Å². The van der Waals surface area contributed by atoms with Crippen LogP contribution in [0.15, 0.2) is 12.1 Å². The Bertz CT molecular complexity index is 563. The highest BCUT2D eigenvalue weighted by atomic mass is 16.4. The number of hydrogen-bond acceptors (Lipinski definition) is 2. The third kappa shape index (κ3) is 3.35. The number of carbonyl (C=O) groups excluding carboxylic acids is 1. The molecule has 114 valence electrons. The van der Waals surface area contributed by atoms with Gasteiger partial charge in [-0.2, -0.15) is 0 Å². The molecule has 1 aliphatic carbocycles.